The second-order valence-corrected chi connectivity index (χ2v) is 6.10. The van der Waals surface area contributed by atoms with Crippen LogP contribution in [0, 0.1) is 0 Å². The van der Waals surface area contributed by atoms with Gasteiger partial charge in [0.25, 0.3) is 6.43 Å². The first-order valence-corrected chi connectivity index (χ1v) is 7.11. The number of hydrogen-bond acceptors (Lipinski definition) is 3. The summed E-state index contributed by atoms with van der Waals surface area (Å²) in [6.45, 7) is 0. The number of hydrogen-bond donors (Lipinski definition) is 0. The van der Waals surface area contributed by atoms with Crippen molar-refractivity contribution < 1.29 is 8.78 Å². The zero-order chi connectivity index (χ0) is 13.6. The lowest BCUT2D eigenvalue weighted by Gasteiger charge is -2.01. The average Bonchev–Trinajstić information content (AvgIpc) is 2.93. The van der Waals surface area contributed by atoms with Crippen molar-refractivity contribution in [3.8, 4) is 10.8 Å². The number of rotatable bonds is 2. The summed E-state index contributed by atoms with van der Waals surface area (Å²) in [5, 5.41) is 0.961. The summed E-state index contributed by atoms with van der Waals surface area (Å²) in [4.78, 5) is 8.11. The summed E-state index contributed by atoms with van der Waals surface area (Å²) in [5.41, 5.74) is 0.702. The van der Waals surface area contributed by atoms with E-state index >= 15 is 0 Å². The van der Waals surface area contributed by atoms with E-state index in [9.17, 15) is 8.78 Å². The molecule has 0 fully saturated rings. The molecular formula is C11H5BrClF2N3S. The molecule has 0 aliphatic carbocycles. The van der Waals surface area contributed by atoms with Gasteiger partial charge in [-0.05, 0) is 22.0 Å². The van der Waals surface area contributed by atoms with E-state index < -0.39 is 6.43 Å². The van der Waals surface area contributed by atoms with Gasteiger partial charge in [-0.3, -0.25) is 4.40 Å². The van der Waals surface area contributed by atoms with Crippen LogP contribution in [0.1, 0.15) is 11.3 Å². The van der Waals surface area contributed by atoms with E-state index in [2.05, 4.69) is 25.9 Å². The second-order valence-electron chi connectivity index (χ2n) is 3.71. The van der Waals surface area contributed by atoms with Gasteiger partial charge in [0.15, 0.2) is 10.8 Å². The van der Waals surface area contributed by atoms with Gasteiger partial charge < -0.3 is 0 Å². The van der Waals surface area contributed by atoms with Crippen LogP contribution in [0.25, 0.3) is 16.3 Å². The van der Waals surface area contributed by atoms with Crippen LogP contribution in [0.5, 0.6) is 0 Å². The average molecular weight is 365 g/mol. The lowest BCUT2D eigenvalue weighted by molar-refractivity contribution is 0.155. The Balaban J connectivity index is 2.19. The molecule has 0 aliphatic heterocycles. The van der Waals surface area contributed by atoms with Gasteiger partial charge in [-0.15, -0.1) is 11.3 Å². The summed E-state index contributed by atoms with van der Waals surface area (Å²) in [7, 11) is 0. The van der Waals surface area contributed by atoms with Crippen LogP contribution in [0.2, 0.25) is 5.02 Å². The minimum Gasteiger partial charge on any atom is -0.295 e. The molecule has 8 heteroatoms. The monoisotopic (exact) mass is 363 g/mol. The molecule has 0 atom stereocenters. The zero-order valence-corrected chi connectivity index (χ0v) is 12.3. The van der Waals surface area contributed by atoms with E-state index in [0.717, 1.165) is 15.8 Å². The molecule has 0 unspecified atom stereocenters. The molecule has 3 aromatic rings. The molecule has 0 radical (unpaired) electrons. The van der Waals surface area contributed by atoms with Gasteiger partial charge in [0, 0.05) is 16.9 Å². The number of aromatic nitrogens is 3. The Morgan fingerprint density at radius 1 is 1.32 bits per heavy atom. The highest BCUT2D eigenvalue weighted by Gasteiger charge is 2.16. The molecular weight excluding hydrogens is 360 g/mol. The molecule has 0 amide bonds. The first kappa shape index (κ1) is 13.0. The minimum atomic E-state index is -2.52. The van der Waals surface area contributed by atoms with Crippen LogP contribution in [0.15, 0.2) is 29.1 Å². The quantitative estimate of drug-likeness (QED) is 0.653. The van der Waals surface area contributed by atoms with Gasteiger partial charge in [-0.1, -0.05) is 11.6 Å². The first-order valence-electron chi connectivity index (χ1n) is 5.12. The highest BCUT2D eigenvalue weighted by Crippen LogP contribution is 2.32. The maximum atomic E-state index is 12.6. The van der Waals surface area contributed by atoms with Crippen LogP contribution < -0.4 is 0 Å². The second kappa shape index (κ2) is 4.81. The molecule has 0 saturated carbocycles. The van der Waals surface area contributed by atoms with Crippen molar-refractivity contribution in [1.29, 1.82) is 0 Å². The standard InChI is InChI=1S/C11H5BrClF2N3S/c12-5-1-6(13)7-2-16-10(18(7)4-5)11-17-3-8(19-11)9(14)15/h1-4,9H. The molecule has 19 heavy (non-hydrogen) atoms. The third kappa shape index (κ3) is 2.26. The van der Waals surface area contributed by atoms with E-state index in [1.165, 1.54) is 6.20 Å². The lowest BCUT2D eigenvalue weighted by atomic mass is 10.4. The van der Waals surface area contributed by atoms with Gasteiger partial charge in [0.1, 0.15) is 0 Å². The summed E-state index contributed by atoms with van der Waals surface area (Å²) in [6.07, 6.45) is 2.01. The highest BCUT2D eigenvalue weighted by molar-refractivity contribution is 9.10. The van der Waals surface area contributed by atoms with Crippen LogP contribution >= 0.6 is 38.9 Å². The van der Waals surface area contributed by atoms with Gasteiger partial charge >= 0.3 is 0 Å². The van der Waals surface area contributed by atoms with Crippen LogP contribution in [-0.2, 0) is 0 Å². The van der Waals surface area contributed by atoms with Crippen molar-refractivity contribution in [1.82, 2.24) is 14.4 Å². The molecule has 0 spiro atoms. The Bertz CT molecular complexity index is 756. The summed E-state index contributed by atoms with van der Waals surface area (Å²) in [5.74, 6) is 0.495. The normalized spacial score (nSPS) is 11.6. The zero-order valence-electron chi connectivity index (χ0n) is 9.15. The fourth-order valence-electron chi connectivity index (χ4n) is 1.67. The maximum absolute atomic E-state index is 12.6. The Morgan fingerprint density at radius 2 is 2.11 bits per heavy atom. The SMILES string of the molecule is FC(F)c1cnc(-c2ncc3c(Cl)cc(Br)cn23)s1. The fraction of sp³-hybridized carbons (Fsp3) is 0.0909. The van der Waals surface area contributed by atoms with Crippen molar-refractivity contribution >= 4 is 44.4 Å². The number of halogens is 4. The molecule has 0 aliphatic rings. The Kier molecular flexibility index (Phi) is 3.28. The molecule has 3 heterocycles. The number of alkyl halides is 2. The predicted octanol–water partition coefficient (Wildman–Crippen LogP) is 4.81. The minimum absolute atomic E-state index is 0.0761. The van der Waals surface area contributed by atoms with Crippen LogP contribution in [0.3, 0.4) is 0 Å². The smallest absolute Gasteiger partial charge is 0.274 e. The summed E-state index contributed by atoms with van der Waals surface area (Å²) in [6, 6.07) is 1.74. The lowest BCUT2D eigenvalue weighted by Crippen LogP contribution is -1.89. The fourth-order valence-corrected chi connectivity index (χ4v) is 3.26. The molecule has 3 rings (SSSR count). The van der Waals surface area contributed by atoms with Crippen LogP contribution in [-0.4, -0.2) is 14.4 Å². The number of imidazole rings is 1. The van der Waals surface area contributed by atoms with E-state index in [-0.39, 0.29) is 4.88 Å². The summed E-state index contributed by atoms with van der Waals surface area (Å²) >= 11 is 10.3. The predicted molar refractivity (Wildman–Crippen MR) is 74.0 cm³/mol. The molecule has 0 bridgehead atoms. The number of fused-ring (bicyclic) bond motifs is 1. The van der Waals surface area contributed by atoms with E-state index in [1.807, 2.05) is 0 Å². The first-order chi connectivity index (χ1) is 9.06. The third-order valence-corrected chi connectivity index (χ3v) is 4.23. The topological polar surface area (TPSA) is 30.2 Å². The Morgan fingerprint density at radius 3 is 2.79 bits per heavy atom. The molecule has 98 valence electrons. The number of nitrogens with zero attached hydrogens (tertiary/aromatic N) is 3. The van der Waals surface area contributed by atoms with Crippen LogP contribution in [0.4, 0.5) is 8.78 Å². The van der Waals surface area contributed by atoms with Crippen molar-refractivity contribution in [3.63, 3.8) is 0 Å². The van der Waals surface area contributed by atoms with Gasteiger partial charge in [0.05, 0.1) is 21.6 Å². The highest BCUT2D eigenvalue weighted by atomic mass is 79.9. The summed E-state index contributed by atoms with van der Waals surface area (Å²) < 4.78 is 27.7. The van der Waals surface area contributed by atoms with Gasteiger partial charge in [-0.25, -0.2) is 18.7 Å². The number of thiazole rings is 1. The van der Waals surface area contributed by atoms with Gasteiger partial charge in [-0.2, -0.15) is 0 Å². The van der Waals surface area contributed by atoms with E-state index in [1.54, 1.807) is 22.9 Å². The third-order valence-electron chi connectivity index (χ3n) is 2.49. The molecule has 0 saturated heterocycles. The van der Waals surface area contributed by atoms with E-state index in [4.69, 9.17) is 11.6 Å². The molecule has 3 aromatic heterocycles. The Hall–Kier alpha value is -1.05. The van der Waals surface area contributed by atoms with E-state index in [0.29, 0.717) is 21.4 Å². The largest absolute Gasteiger partial charge is 0.295 e. The van der Waals surface area contributed by atoms with Crippen molar-refractivity contribution in [2.24, 2.45) is 0 Å². The van der Waals surface area contributed by atoms with Crippen molar-refractivity contribution in [2.75, 3.05) is 0 Å². The van der Waals surface area contributed by atoms with Gasteiger partial charge in [0.2, 0.25) is 0 Å². The van der Waals surface area contributed by atoms with Crippen molar-refractivity contribution in [3.05, 3.63) is 39.0 Å². The Labute approximate surface area is 124 Å². The van der Waals surface area contributed by atoms with Crippen molar-refractivity contribution in [2.45, 2.75) is 6.43 Å². The molecule has 0 N–H and O–H groups in total. The maximum Gasteiger partial charge on any atom is 0.274 e. The molecule has 0 aromatic carbocycles. The number of pyridine rings is 1. The molecule has 3 nitrogen and oxygen atoms in total.